The summed E-state index contributed by atoms with van der Waals surface area (Å²) in [6.07, 6.45) is 1.02. The van der Waals surface area contributed by atoms with E-state index in [1.165, 1.54) is 11.1 Å². The molecule has 0 aromatic heterocycles. The lowest BCUT2D eigenvalue weighted by Crippen LogP contribution is -2.36. The maximum Gasteiger partial charge on any atom is 0.122 e. The Bertz CT molecular complexity index is 341. The van der Waals surface area contributed by atoms with Crippen LogP contribution >= 0.6 is 0 Å². The second-order valence-corrected chi connectivity index (χ2v) is 4.22. The Labute approximate surface area is 104 Å². The summed E-state index contributed by atoms with van der Waals surface area (Å²) in [6, 6.07) is 6.37. The molecule has 0 saturated heterocycles. The third kappa shape index (κ3) is 4.73. The Morgan fingerprint density at radius 3 is 2.76 bits per heavy atom. The van der Waals surface area contributed by atoms with Gasteiger partial charge in [-0.2, -0.15) is 0 Å². The first-order chi connectivity index (χ1) is 8.17. The summed E-state index contributed by atoms with van der Waals surface area (Å²) in [7, 11) is 2.04. The predicted molar refractivity (Wildman–Crippen MR) is 70.9 cm³/mol. The van der Waals surface area contributed by atoms with E-state index >= 15 is 0 Å². The molecule has 96 valence electrons. The molecule has 0 aliphatic carbocycles. The lowest BCUT2D eigenvalue weighted by Gasteiger charge is -2.16. The fourth-order valence-electron chi connectivity index (χ4n) is 1.74. The largest absolute Gasteiger partial charge is 0.494 e. The first-order valence-electron chi connectivity index (χ1n) is 6.01. The summed E-state index contributed by atoms with van der Waals surface area (Å²) >= 11 is 0. The quantitative estimate of drug-likeness (QED) is 0.426. The number of nitrogens with two attached hydrogens (primary N) is 1. The summed E-state index contributed by atoms with van der Waals surface area (Å²) < 4.78 is 5.52. The van der Waals surface area contributed by atoms with Gasteiger partial charge >= 0.3 is 0 Å². The van der Waals surface area contributed by atoms with E-state index in [9.17, 15) is 0 Å². The maximum absolute atomic E-state index is 5.52. The van der Waals surface area contributed by atoms with Gasteiger partial charge in [0.05, 0.1) is 13.3 Å². The van der Waals surface area contributed by atoms with Crippen LogP contribution < -0.4 is 16.0 Å². The fourth-order valence-corrected chi connectivity index (χ4v) is 1.74. The molecule has 1 rings (SSSR count). The molecule has 0 aliphatic heterocycles. The van der Waals surface area contributed by atoms with Crippen molar-refractivity contribution in [1.29, 1.82) is 0 Å². The van der Waals surface area contributed by atoms with Crippen molar-refractivity contribution < 1.29 is 4.74 Å². The van der Waals surface area contributed by atoms with Crippen molar-refractivity contribution in [3.8, 4) is 5.75 Å². The first kappa shape index (κ1) is 14.0. The minimum atomic E-state index is 0.704. The van der Waals surface area contributed by atoms with Crippen LogP contribution in [0.3, 0.4) is 0 Å². The van der Waals surface area contributed by atoms with Crippen LogP contribution in [0.5, 0.6) is 5.75 Å². The molecular weight excluding hydrogens is 214 g/mol. The van der Waals surface area contributed by atoms with Gasteiger partial charge in [0.1, 0.15) is 5.75 Å². The highest BCUT2D eigenvalue weighted by molar-refractivity contribution is 5.36. The van der Waals surface area contributed by atoms with E-state index in [0.717, 1.165) is 18.7 Å². The van der Waals surface area contributed by atoms with Crippen LogP contribution in [0.25, 0.3) is 0 Å². The maximum atomic E-state index is 5.52. The van der Waals surface area contributed by atoms with E-state index in [-0.39, 0.29) is 0 Å². The SMILES string of the molecule is CCOc1ccc(CCN(C)CNN)cc1C. The van der Waals surface area contributed by atoms with Crippen LogP contribution in [0.4, 0.5) is 0 Å². The number of nitrogens with zero attached hydrogens (tertiary/aromatic N) is 1. The van der Waals surface area contributed by atoms with Crippen LogP contribution in [0.2, 0.25) is 0 Å². The minimum Gasteiger partial charge on any atom is -0.494 e. The number of hydrazine groups is 1. The molecule has 0 bridgehead atoms. The summed E-state index contributed by atoms with van der Waals surface area (Å²) in [5, 5.41) is 0. The van der Waals surface area contributed by atoms with Crippen molar-refractivity contribution in [2.24, 2.45) is 5.84 Å². The lowest BCUT2D eigenvalue weighted by atomic mass is 10.1. The molecule has 0 spiro atoms. The average molecular weight is 237 g/mol. The molecule has 0 heterocycles. The number of nitrogens with one attached hydrogen (secondary N) is 1. The topological polar surface area (TPSA) is 50.5 Å². The first-order valence-corrected chi connectivity index (χ1v) is 6.01. The Hall–Kier alpha value is -1.10. The van der Waals surface area contributed by atoms with Gasteiger partial charge in [0.2, 0.25) is 0 Å². The molecule has 0 unspecified atom stereocenters. The number of rotatable bonds is 7. The molecule has 1 aromatic rings. The number of hydrogen-bond acceptors (Lipinski definition) is 4. The van der Waals surface area contributed by atoms with Gasteiger partial charge in [-0.05, 0) is 44.5 Å². The molecule has 0 radical (unpaired) electrons. The number of benzene rings is 1. The smallest absolute Gasteiger partial charge is 0.122 e. The zero-order valence-corrected chi connectivity index (χ0v) is 11.0. The van der Waals surface area contributed by atoms with Crippen molar-refractivity contribution in [2.45, 2.75) is 20.3 Å². The predicted octanol–water partition coefficient (Wildman–Crippen LogP) is 1.29. The Kier molecular flexibility index (Phi) is 5.97. The van der Waals surface area contributed by atoms with Gasteiger partial charge in [-0.1, -0.05) is 12.1 Å². The average Bonchev–Trinajstić information content (AvgIpc) is 2.30. The molecule has 0 saturated carbocycles. The van der Waals surface area contributed by atoms with Crippen molar-refractivity contribution in [2.75, 3.05) is 26.9 Å². The second kappa shape index (κ2) is 7.27. The molecule has 17 heavy (non-hydrogen) atoms. The summed E-state index contributed by atoms with van der Waals surface area (Å²) in [5.74, 6) is 6.25. The van der Waals surface area contributed by atoms with Gasteiger partial charge < -0.3 is 4.74 Å². The summed E-state index contributed by atoms with van der Waals surface area (Å²) in [5.41, 5.74) is 5.17. The molecule has 4 nitrogen and oxygen atoms in total. The van der Waals surface area contributed by atoms with Gasteiger partial charge in [-0.3, -0.25) is 10.7 Å². The van der Waals surface area contributed by atoms with Gasteiger partial charge in [-0.25, -0.2) is 5.43 Å². The van der Waals surface area contributed by atoms with E-state index in [1.54, 1.807) is 0 Å². The van der Waals surface area contributed by atoms with Crippen LogP contribution in [0.1, 0.15) is 18.1 Å². The number of ether oxygens (including phenoxy) is 1. The van der Waals surface area contributed by atoms with Gasteiger partial charge in [0.15, 0.2) is 0 Å². The molecular formula is C13H23N3O. The third-order valence-corrected chi connectivity index (χ3v) is 2.68. The van der Waals surface area contributed by atoms with E-state index < -0.39 is 0 Å². The molecule has 0 atom stereocenters. The Morgan fingerprint density at radius 1 is 1.41 bits per heavy atom. The van der Waals surface area contributed by atoms with Crippen LogP contribution in [0, 0.1) is 6.92 Å². The fraction of sp³-hybridized carbons (Fsp3) is 0.538. The van der Waals surface area contributed by atoms with Crippen molar-refractivity contribution in [1.82, 2.24) is 10.3 Å². The molecule has 3 N–H and O–H groups in total. The van der Waals surface area contributed by atoms with Crippen LogP contribution in [-0.4, -0.2) is 31.8 Å². The van der Waals surface area contributed by atoms with Crippen LogP contribution in [-0.2, 0) is 6.42 Å². The monoisotopic (exact) mass is 237 g/mol. The van der Waals surface area contributed by atoms with Crippen molar-refractivity contribution in [3.05, 3.63) is 29.3 Å². The van der Waals surface area contributed by atoms with Gasteiger partial charge in [-0.15, -0.1) is 0 Å². The molecule has 0 fully saturated rings. The zero-order valence-electron chi connectivity index (χ0n) is 11.0. The highest BCUT2D eigenvalue weighted by Crippen LogP contribution is 2.19. The van der Waals surface area contributed by atoms with E-state index in [0.29, 0.717) is 13.3 Å². The Balaban J connectivity index is 2.52. The van der Waals surface area contributed by atoms with E-state index in [2.05, 4.69) is 35.4 Å². The normalized spacial score (nSPS) is 10.9. The highest BCUT2D eigenvalue weighted by atomic mass is 16.5. The van der Waals surface area contributed by atoms with Crippen molar-refractivity contribution >= 4 is 0 Å². The van der Waals surface area contributed by atoms with Crippen LogP contribution in [0.15, 0.2) is 18.2 Å². The number of likely N-dealkylation sites (N-methyl/N-ethyl adjacent to an activating group) is 1. The summed E-state index contributed by atoms with van der Waals surface area (Å²) in [4.78, 5) is 2.14. The minimum absolute atomic E-state index is 0.704. The standard InChI is InChI=1S/C13H23N3O/c1-4-17-13-6-5-12(9-11(13)2)7-8-16(3)10-15-14/h5-6,9,15H,4,7-8,10,14H2,1-3H3. The molecule has 1 aromatic carbocycles. The number of hydrogen-bond donors (Lipinski definition) is 2. The van der Waals surface area contributed by atoms with E-state index in [1.807, 2.05) is 14.0 Å². The molecule has 0 aliphatic rings. The second-order valence-electron chi connectivity index (χ2n) is 4.22. The zero-order chi connectivity index (χ0) is 12.7. The lowest BCUT2D eigenvalue weighted by molar-refractivity contribution is 0.312. The van der Waals surface area contributed by atoms with Gasteiger partial charge in [0.25, 0.3) is 0 Å². The summed E-state index contributed by atoms with van der Waals surface area (Å²) in [6.45, 7) is 6.49. The third-order valence-electron chi connectivity index (χ3n) is 2.68. The molecule has 0 amide bonds. The number of aryl methyl sites for hydroxylation is 1. The van der Waals surface area contributed by atoms with Crippen molar-refractivity contribution in [3.63, 3.8) is 0 Å². The highest BCUT2D eigenvalue weighted by Gasteiger charge is 2.02. The van der Waals surface area contributed by atoms with E-state index in [4.69, 9.17) is 10.6 Å². The Morgan fingerprint density at radius 2 is 2.18 bits per heavy atom. The molecule has 4 heteroatoms. The van der Waals surface area contributed by atoms with Gasteiger partial charge in [0, 0.05) is 6.54 Å².